The van der Waals surface area contributed by atoms with Gasteiger partial charge in [-0.2, -0.15) is 0 Å². The van der Waals surface area contributed by atoms with E-state index in [1.807, 2.05) is 0 Å². The fourth-order valence-corrected chi connectivity index (χ4v) is 1.59. The molecule has 0 atom stereocenters. The molecule has 0 aliphatic rings. The van der Waals surface area contributed by atoms with Gasteiger partial charge in [0, 0.05) is 17.8 Å². The Morgan fingerprint density at radius 2 is 2.00 bits per heavy atom. The van der Waals surface area contributed by atoms with Crippen LogP contribution in [0.5, 0.6) is 0 Å². The van der Waals surface area contributed by atoms with Crippen molar-refractivity contribution in [3.63, 3.8) is 0 Å². The third kappa shape index (κ3) is 4.18. The smallest absolute Gasteiger partial charge is 0.270 e. The Kier molecular flexibility index (Phi) is 4.77. The molecule has 0 aliphatic carbocycles. The highest BCUT2D eigenvalue weighted by Crippen LogP contribution is 2.22. The number of nitro benzene ring substituents is 1. The van der Waals surface area contributed by atoms with E-state index in [2.05, 4.69) is 5.32 Å². The lowest BCUT2D eigenvalue weighted by Crippen LogP contribution is -2.22. The average Bonchev–Trinajstić information content (AvgIpc) is 2.27. The number of ketones is 1. The first-order valence-corrected chi connectivity index (χ1v) is 5.63. The van der Waals surface area contributed by atoms with Crippen molar-refractivity contribution >= 4 is 29.0 Å². The zero-order valence-corrected chi connectivity index (χ0v) is 11.0. The lowest BCUT2D eigenvalue weighted by Gasteiger charge is -2.06. The highest BCUT2D eigenvalue weighted by atomic mass is 35.5. The minimum Gasteiger partial charge on any atom is -0.326 e. The molecule has 0 radical (unpaired) electrons. The lowest BCUT2D eigenvalue weighted by atomic mass is 10.2. The molecule has 0 unspecified atom stereocenters. The Balaban J connectivity index is 3.03. The summed E-state index contributed by atoms with van der Waals surface area (Å²) in [7, 11) is 0. The van der Waals surface area contributed by atoms with Crippen molar-refractivity contribution in [1.82, 2.24) is 5.32 Å². The highest BCUT2D eigenvalue weighted by molar-refractivity contribution is 6.34. The van der Waals surface area contributed by atoms with Crippen LogP contribution < -0.4 is 5.32 Å². The van der Waals surface area contributed by atoms with Crippen molar-refractivity contribution in [2.24, 2.45) is 0 Å². The van der Waals surface area contributed by atoms with Gasteiger partial charge in [-0.3, -0.25) is 19.7 Å². The maximum absolute atomic E-state index is 11.9. The molecule has 19 heavy (non-hydrogen) atoms. The number of carbonyl (C=O) groups is 2. The van der Waals surface area contributed by atoms with Crippen LogP contribution in [0.15, 0.2) is 30.0 Å². The van der Waals surface area contributed by atoms with Gasteiger partial charge in [0.15, 0.2) is 5.78 Å². The standard InChI is InChI=1S/C12H11ClN2O4/c1-7(5-8(2)16)14-12(17)10-6-9(15(18)19)3-4-11(10)13/h3-6H,1-2H3,(H,14,17). The molecule has 1 rings (SSSR count). The summed E-state index contributed by atoms with van der Waals surface area (Å²) in [6, 6.07) is 3.56. The Bertz CT molecular complexity index is 581. The zero-order chi connectivity index (χ0) is 14.6. The van der Waals surface area contributed by atoms with Crippen molar-refractivity contribution in [2.45, 2.75) is 13.8 Å². The number of halogens is 1. The number of benzene rings is 1. The predicted molar refractivity (Wildman–Crippen MR) is 70.0 cm³/mol. The van der Waals surface area contributed by atoms with Crippen molar-refractivity contribution in [1.29, 1.82) is 0 Å². The maximum atomic E-state index is 11.9. The average molecular weight is 283 g/mol. The molecule has 0 saturated carbocycles. The van der Waals surface area contributed by atoms with Crippen LogP contribution in [0, 0.1) is 10.1 Å². The minimum absolute atomic E-state index is 0.0211. The second-order valence-corrected chi connectivity index (χ2v) is 4.22. The molecule has 1 aromatic carbocycles. The minimum atomic E-state index is -0.620. The zero-order valence-electron chi connectivity index (χ0n) is 10.3. The van der Waals surface area contributed by atoms with Crippen LogP contribution in [-0.4, -0.2) is 16.6 Å². The predicted octanol–water partition coefficient (Wildman–Crippen LogP) is 2.47. The van der Waals surface area contributed by atoms with E-state index in [4.69, 9.17) is 11.6 Å². The van der Waals surface area contributed by atoms with Crippen molar-refractivity contribution in [3.8, 4) is 0 Å². The largest absolute Gasteiger partial charge is 0.326 e. The van der Waals surface area contributed by atoms with Crippen molar-refractivity contribution < 1.29 is 14.5 Å². The molecule has 1 amide bonds. The van der Waals surface area contributed by atoms with Crippen molar-refractivity contribution in [3.05, 3.63) is 50.7 Å². The summed E-state index contributed by atoms with van der Waals surface area (Å²) in [5.74, 6) is -0.827. The number of non-ortho nitro benzene ring substituents is 1. The van der Waals surface area contributed by atoms with Crippen LogP contribution in [0.3, 0.4) is 0 Å². The fraction of sp³-hybridized carbons (Fsp3) is 0.167. The molecule has 100 valence electrons. The summed E-state index contributed by atoms with van der Waals surface area (Å²) in [5, 5.41) is 13.2. The summed E-state index contributed by atoms with van der Waals surface area (Å²) in [6.45, 7) is 2.88. The quantitative estimate of drug-likeness (QED) is 0.522. The van der Waals surface area contributed by atoms with Gasteiger partial charge in [-0.15, -0.1) is 0 Å². The third-order valence-electron chi connectivity index (χ3n) is 2.14. The van der Waals surface area contributed by atoms with Crippen LogP contribution in [0.25, 0.3) is 0 Å². The Hall–Kier alpha value is -2.21. The molecule has 0 saturated heterocycles. The molecule has 0 aliphatic heterocycles. The highest BCUT2D eigenvalue weighted by Gasteiger charge is 2.15. The van der Waals surface area contributed by atoms with Gasteiger partial charge in [-0.25, -0.2) is 0 Å². The number of hydrogen-bond acceptors (Lipinski definition) is 4. The van der Waals surface area contributed by atoms with Gasteiger partial charge in [-0.1, -0.05) is 11.6 Å². The van der Waals surface area contributed by atoms with Gasteiger partial charge < -0.3 is 5.32 Å². The van der Waals surface area contributed by atoms with Gasteiger partial charge in [0.2, 0.25) is 0 Å². The van der Waals surface area contributed by atoms with E-state index in [-0.39, 0.29) is 22.1 Å². The van der Waals surface area contributed by atoms with Crippen LogP contribution in [-0.2, 0) is 4.79 Å². The molecular weight excluding hydrogens is 272 g/mol. The molecule has 0 bridgehead atoms. The molecule has 0 heterocycles. The number of carbonyl (C=O) groups excluding carboxylic acids is 2. The number of rotatable bonds is 4. The van der Waals surface area contributed by atoms with Crippen LogP contribution >= 0.6 is 11.6 Å². The van der Waals surface area contributed by atoms with E-state index < -0.39 is 10.8 Å². The first-order chi connectivity index (χ1) is 8.81. The second-order valence-electron chi connectivity index (χ2n) is 3.81. The Morgan fingerprint density at radius 3 is 2.53 bits per heavy atom. The van der Waals surface area contributed by atoms with Gasteiger partial charge in [0.05, 0.1) is 15.5 Å². The first-order valence-electron chi connectivity index (χ1n) is 5.25. The first kappa shape index (κ1) is 14.8. The van der Waals surface area contributed by atoms with E-state index in [0.29, 0.717) is 5.70 Å². The van der Waals surface area contributed by atoms with E-state index in [1.54, 1.807) is 0 Å². The number of allylic oxidation sites excluding steroid dienone is 2. The van der Waals surface area contributed by atoms with E-state index in [9.17, 15) is 19.7 Å². The normalized spacial score (nSPS) is 11.0. The third-order valence-corrected chi connectivity index (χ3v) is 2.47. The molecule has 7 heteroatoms. The number of nitrogens with zero attached hydrogens (tertiary/aromatic N) is 1. The topological polar surface area (TPSA) is 89.3 Å². The van der Waals surface area contributed by atoms with E-state index in [1.165, 1.54) is 32.1 Å². The summed E-state index contributed by atoms with van der Waals surface area (Å²) in [4.78, 5) is 32.7. The van der Waals surface area contributed by atoms with E-state index in [0.717, 1.165) is 6.07 Å². The Labute approximate surface area is 114 Å². The lowest BCUT2D eigenvalue weighted by molar-refractivity contribution is -0.384. The number of nitro groups is 1. The molecule has 0 spiro atoms. The van der Waals surface area contributed by atoms with Gasteiger partial charge in [0.25, 0.3) is 11.6 Å². The number of hydrogen-bond donors (Lipinski definition) is 1. The molecule has 0 fully saturated rings. The summed E-state index contributed by atoms with van der Waals surface area (Å²) in [6.07, 6.45) is 1.24. The SMILES string of the molecule is CC(=O)C=C(C)NC(=O)c1cc([N+](=O)[O-])ccc1Cl. The van der Waals surface area contributed by atoms with Crippen LogP contribution in [0.1, 0.15) is 24.2 Å². The molecule has 1 aromatic rings. The summed E-state index contributed by atoms with van der Waals surface area (Å²) in [5.41, 5.74) is 0.0787. The van der Waals surface area contributed by atoms with Crippen LogP contribution in [0.4, 0.5) is 5.69 Å². The number of amides is 1. The van der Waals surface area contributed by atoms with Crippen molar-refractivity contribution in [2.75, 3.05) is 0 Å². The molecule has 6 nitrogen and oxygen atoms in total. The molecular formula is C12H11ClN2O4. The fourth-order valence-electron chi connectivity index (χ4n) is 1.39. The van der Waals surface area contributed by atoms with Crippen LogP contribution in [0.2, 0.25) is 5.02 Å². The van der Waals surface area contributed by atoms with Gasteiger partial charge >= 0.3 is 0 Å². The molecule has 1 N–H and O–H groups in total. The van der Waals surface area contributed by atoms with Gasteiger partial charge in [0.1, 0.15) is 0 Å². The molecule has 0 aromatic heterocycles. The summed E-state index contributed by atoms with van der Waals surface area (Å²) < 4.78 is 0. The monoisotopic (exact) mass is 282 g/mol. The van der Waals surface area contributed by atoms with Gasteiger partial charge in [-0.05, 0) is 26.0 Å². The second kappa shape index (κ2) is 6.10. The number of nitrogens with one attached hydrogen (secondary N) is 1. The Morgan fingerprint density at radius 1 is 1.37 bits per heavy atom. The summed E-state index contributed by atoms with van der Waals surface area (Å²) >= 11 is 5.82. The maximum Gasteiger partial charge on any atom is 0.270 e. The van der Waals surface area contributed by atoms with E-state index >= 15 is 0 Å².